The highest BCUT2D eigenvalue weighted by molar-refractivity contribution is 5.94. The van der Waals surface area contributed by atoms with Crippen LogP contribution in [0.5, 0.6) is 11.5 Å². The van der Waals surface area contributed by atoms with E-state index in [1.165, 1.54) is 0 Å². The van der Waals surface area contributed by atoms with E-state index in [0.717, 1.165) is 27.7 Å². The van der Waals surface area contributed by atoms with E-state index in [1.807, 2.05) is 79.7 Å². The van der Waals surface area contributed by atoms with Gasteiger partial charge in [-0.2, -0.15) is 4.80 Å². The van der Waals surface area contributed by atoms with Crippen LogP contribution < -0.4 is 14.8 Å². The molecule has 0 saturated heterocycles. The van der Waals surface area contributed by atoms with Gasteiger partial charge in [0, 0.05) is 5.69 Å². The highest BCUT2D eigenvalue weighted by Crippen LogP contribution is 2.21. The minimum Gasteiger partial charge on any atom is -0.494 e. The van der Waals surface area contributed by atoms with Gasteiger partial charge in [-0.05, 0) is 72.3 Å². The second-order valence-electron chi connectivity index (χ2n) is 7.47. The number of nitrogens with zero attached hydrogens (tertiary/aromatic N) is 3. The van der Waals surface area contributed by atoms with Crippen LogP contribution in [0.1, 0.15) is 6.92 Å². The molecule has 0 aliphatic heterocycles. The fraction of sp³-hybridized carbons (Fsp3) is 0.115. The standard InChI is InChI=1S/C26H22N4O3/c1-2-32-22-12-9-21(10-13-22)30-28-24-14-8-20(16-25(24)29-30)27-26(31)17-33-23-11-7-18-5-3-4-6-19(18)15-23/h3-16H,2,17H2,1H3,(H,27,31). The Morgan fingerprint density at radius 3 is 2.39 bits per heavy atom. The molecule has 0 aliphatic rings. The number of anilines is 1. The van der Waals surface area contributed by atoms with Gasteiger partial charge in [0.25, 0.3) is 5.91 Å². The normalized spacial score (nSPS) is 10.9. The van der Waals surface area contributed by atoms with Gasteiger partial charge in [-0.25, -0.2) is 0 Å². The Morgan fingerprint density at radius 1 is 0.818 bits per heavy atom. The second kappa shape index (κ2) is 9.00. The summed E-state index contributed by atoms with van der Waals surface area (Å²) in [6.07, 6.45) is 0. The van der Waals surface area contributed by atoms with Crippen LogP contribution in [0.2, 0.25) is 0 Å². The molecule has 1 N–H and O–H groups in total. The third kappa shape index (κ3) is 4.62. The largest absolute Gasteiger partial charge is 0.494 e. The van der Waals surface area contributed by atoms with Gasteiger partial charge in [0.15, 0.2) is 6.61 Å². The van der Waals surface area contributed by atoms with Gasteiger partial charge >= 0.3 is 0 Å². The Labute approximate surface area is 190 Å². The summed E-state index contributed by atoms with van der Waals surface area (Å²) < 4.78 is 11.1. The topological polar surface area (TPSA) is 78.3 Å². The maximum atomic E-state index is 12.4. The fourth-order valence-corrected chi connectivity index (χ4v) is 3.55. The van der Waals surface area contributed by atoms with E-state index in [1.54, 1.807) is 16.9 Å². The van der Waals surface area contributed by atoms with Crippen molar-refractivity contribution >= 4 is 33.4 Å². The molecular formula is C26H22N4O3. The molecule has 7 heteroatoms. The van der Waals surface area contributed by atoms with Crippen LogP contribution in [0, 0.1) is 0 Å². The average Bonchev–Trinajstić information content (AvgIpc) is 3.27. The van der Waals surface area contributed by atoms with Crippen LogP contribution in [-0.4, -0.2) is 34.1 Å². The van der Waals surface area contributed by atoms with Crippen molar-refractivity contribution in [1.82, 2.24) is 15.0 Å². The molecule has 0 spiro atoms. The quantitative estimate of drug-likeness (QED) is 0.387. The zero-order valence-electron chi connectivity index (χ0n) is 18.1. The summed E-state index contributed by atoms with van der Waals surface area (Å²) >= 11 is 0. The van der Waals surface area contributed by atoms with Crippen molar-refractivity contribution in [2.45, 2.75) is 6.92 Å². The Balaban J connectivity index is 1.25. The molecule has 1 amide bonds. The summed E-state index contributed by atoms with van der Waals surface area (Å²) in [5.41, 5.74) is 2.86. The van der Waals surface area contributed by atoms with Crippen LogP contribution in [-0.2, 0) is 4.79 Å². The summed E-state index contributed by atoms with van der Waals surface area (Å²) in [5.74, 6) is 1.20. The molecule has 7 nitrogen and oxygen atoms in total. The lowest BCUT2D eigenvalue weighted by molar-refractivity contribution is -0.118. The van der Waals surface area contributed by atoms with Gasteiger partial charge in [0.2, 0.25) is 0 Å². The Morgan fingerprint density at radius 2 is 1.58 bits per heavy atom. The van der Waals surface area contributed by atoms with Crippen molar-refractivity contribution in [3.63, 3.8) is 0 Å². The van der Waals surface area contributed by atoms with E-state index in [4.69, 9.17) is 9.47 Å². The molecule has 0 atom stereocenters. The number of hydrogen-bond acceptors (Lipinski definition) is 5. The van der Waals surface area contributed by atoms with E-state index in [0.29, 0.717) is 23.6 Å². The van der Waals surface area contributed by atoms with Gasteiger partial charge in [0.05, 0.1) is 12.3 Å². The molecule has 0 saturated carbocycles. The Hall–Kier alpha value is -4.39. The van der Waals surface area contributed by atoms with Crippen LogP contribution in [0.15, 0.2) is 84.9 Å². The SMILES string of the molecule is CCOc1ccc(-n2nc3ccc(NC(=O)COc4ccc5ccccc5c4)cc3n2)cc1. The molecule has 0 radical (unpaired) electrons. The van der Waals surface area contributed by atoms with Crippen molar-refractivity contribution in [2.75, 3.05) is 18.5 Å². The average molecular weight is 438 g/mol. The van der Waals surface area contributed by atoms with E-state index in [2.05, 4.69) is 15.5 Å². The van der Waals surface area contributed by atoms with E-state index in [9.17, 15) is 4.79 Å². The van der Waals surface area contributed by atoms with E-state index < -0.39 is 0 Å². The molecule has 33 heavy (non-hydrogen) atoms. The summed E-state index contributed by atoms with van der Waals surface area (Å²) in [5, 5.41) is 14.1. The summed E-state index contributed by atoms with van der Waals surface area (Å²) in [6, 6.07) is 26.8. The van der Waals surface area contributed by atoms with Crippen molar-refractivity contribution < 1.29 is 14.3 Å². The first-order valence-corrected chi connectivity index (χ1v) is 10.7. The Bertz CT molecular complexity index is 1430. The van der Waals surface area contributed by atoms with Gasteiger partial charge in [-0.15, -0.1) is 10.2 Å². The smallest absolute Gasteiger partial charge is 0.262 e. The molecule has 5 aromatic rings. The zero-order chi connectivity index (χ0) is 22.6. The number of aromatic nitrogens is 3. The second-order valence-corrected chi connectivity index (χ2v) is 7.47. The third-order valence-corrected chi connectivity index (χ3v) is 5.13. The molecule has 1 heterocycles. The van der Waals surface area contributed by atoms with Gasteiger partial charge < -0.3 is 14.8 Å². The van der Waals surface area contributed by atoms with Crippen molar-refractivity contribution in [2.24, 2.45) is 0 Å². The summed E-state index contributed by atoms with van der Waals surface area (Å²) in [7, 11) is 0. The minimum atomic E-state index is -0.249. The monoisotopic (exact) mass is 438 g/mol. The van der Waals surface area contributed by atoms with Crippen LogP contribution in [0.25, 0.3) is 27.5 Å². The lowest BCUT2D eigenvalue weighted by Gasteiger charge is -2.08. The van der Waals surface area contributed by atoms with Crippen LogP contribution >= 0.6 is 0 Å². The number of amides is 1. The Kier molecular flexibility index (Phi) is 5.59. The van der Waals surface area contributed by atoms with Gasteiger partial charge in [-0.1, -0.05) is 30.3 Å². The van der Waals surface area contributed by atoms with E-state index in [-0.39, 0.29) is 12.5 Å². The summed E-state index contributed by atoms with van der Waals surface area (Å²) in [4.78, 5) is 14.0. The van der Waals surface area contributed by atoms with Crippen LogP contribution in [0.3, 0.4) is 0 Å². The minimum absolute atomic E-state index is 0.0880. The first-order chi connectivity index (χ1) is 16.2. The fourth-order valence-electron chi connectivity index (χ4n) is 3.55. The molecule has 5 rings (SSSR count). The highest BCUT2D eigenvalue weighted by atomic mass is 16.5. The van der Waals surface area contributed by atoms with Gasteiger partial charge in [0.1, 0.15) is 22.5 Å². The van der Waals surface area contributed by atoms with Crippen LogP contribution in [0.4, 0.5) is 5.69 Å². The molecule has 4 aromatic carbocycles. The number of carbonyl (C=O) groups excluding carboxylic acids is 1. The molecule has 1 aromatic heterocycles. The zero-order valence-corrected chi connectivity index (χ0v) is 18.1. The molecule has 164 valence electrons. The lowest BCUT2D eigenvalue weighted by atomic mass is 10.1. The number of benzene rings is 4. The first kappa shape index (κ1) is 20.5. The number of carbonyl (C=O) groups is 1. The predicted octanol–water partition coefficient (Wildman–Crippen LogP) is 4.99. The maximum absolute atomic E-state index is 12.4. The molecule has 0 fully saturated rings. The maximum Gasteiger partial charge on any atom is 0.262 e. The summed E-state index contributed by atoms with van der Waals surface area (Å²) in [6.45, 7) is 2.47. The van der Waals surface area contributed by atoms with Crippen molar-refractivity contribution in [1.29, 1.82) is 0 Å². The highest BCUT2D eigenvalue weighted by Gasteiger charge is 2.09. The number of fused-ring (bicyclic) bond motifs is 2. The molecule has 0 unspecified atom stereocenters. The number of ether oxygens (including phenoxy) is 2. The van der Waals surface area contributed by atoms with Gasteiger partial charge in [-0.3, -0.25) is 4.79 Å². The van der Waals surface area contributed by atoms with E-state index >= 15 is 0 Å². The van der Waals surface area contributed by atoms with Crippen molar-refractivity contribution in [3.05, 3.63) is 84.9 Å². The molecular weight excluding hydrogens is 416 g/mol. The number of hydrogen-bond donors (Lipinski definition) is 1. The predicted molar refractivity (Wildman–Crippen MR) is 128 cm³/mol. The molecule has 0 aliphatic carbocycles. The molecule has 0 bridgehead atoms. The third-order valence-electron chi connectivity index (χ3n) is 5.13. The number of nitrogens with one attached hydrogen (secondary N) is 1. The lowest BCUT2D eigenvalue weighted by Crippen LogP contribution is -2.20. The number of rotatable bonds is 7. The first-order valence-electron chi connectivity index (χ1n) is 10.7. The van der Waals surface area contributed by atoms with Crippen molar-refractivity contribution in [3.8, 4) is 17.2 Å².